The molecule has 0 bridgehead atoms. The Morgan fingerprint density at radius 1 is 1.24 bits per heavy atom. The summed E-state index contributed by atoms with van der Waals surface area (Å²) < 4.78 is 15.9. The van der Waals surface area contributed by atoms with E-state index in [0.717, 1.165) is 29.7 Å². The number of benzene rings is 1. The Labute approximate surface area is 197 Å². The average Bonchev–Trinajstić information content (AvgIpc) is 3.24. The summed E-state index contributed by atoms with van der Waals surface area (Å²) in [5.74, 6) is -0.857. The molecule has 3 aromatic heterocycles. The van der Waals surface area contributed by atoms with Crippen LogP contribution in [0.5, 0.6) is 0 Å². The molecule has 3 heterocycles. The van der Waals surface area contributed by atoms with Gasteiger partial charge in [-0.2, -0.15) is 9.61 Å². The minimum atomic E-state index is -0.713. The van der Waals surface area contributed by atoms with Crippen molar-refractivity contribution >= 4 is 44.3 Å². The van der Waals surface area contributed by atoms with Gasteiger partial charge in [0, 0.05) is 35.3 Å². The molecule has 1 aliphatic rings. The summed E-state index contributed by atoms with van der Waals surface area (Å²) in [5.41, 5.74) is 9.87. The zero-order valence-corrected chi connectivity index (χ0v) is 19.2. The van der Waals surface area contributed by atoms with Crippen LogP contribution in [0.25, 0.3) is 27.7 Å². The highest BCUT2D eigenvalue weighted by Crippen LogP contribution is 2.31. The second kappa shape index (κ2) is 8.68. The van der Waals surface area contributed by atoms with Crippen molar-refractivity contribution in [3.05, 3.63) is 52.6 Å². The van der Waals surface area contributed by atoms with Gasteiger partial charge in [0.15, 0.2) is 5.65 Å². The largest absolute Gasteiger partial charge is 0.481 e. The smallest absolute Gasteiger partial charge is 0.306 e. The van der Waals surface area contributed by atoms with Crippen LogP contribution in [0.2, 0.25) is 0 Å². The monoisotopic (exact) mass is 512 g/mol. The van der Waals surface area contributed by atoms with Crippen LogP contribution in [0.15, 0.2) is 41.1 Å². The molecule has 1 fully saturated rings. The fourth-order valence-electron chi connectivity index (χ4n) is 4.40. The molecule has 1 aliphatic carbocycles. The third-order valence-electron chi connectivity index (χ3n) is 6.28. The van der Waals surface area contributed by atoms with Gasteiger partial charge in [-0.05, 0) is 65.9 Å². The van der Waals surface area contributed by atoms with E-state index >= 15 is 0 Å². The number of hydrogen-bond acceptors (Lipinski definition) is 6. The Morgan fingerprint density at radius 3 is 2.79 bits per heavy atom. The molecule has 1 aromatic carbocycles. The van der Waals surface area contributed by atoms with Crippen LogP contribution in [0, 0.1) is 11.7 Å². The molecule has 33 heavy (non-hydrogen) atoms. The summed E-state index contributed by atoms with van der Waals surface area (Å²) in [6.07, 6.45) is 6.36. The van der Waals surface area contributed by atoms with Crippen molar-refractivity contribution in [3.8, 4) is 11.1 Å². The van der Waals surface area contributed by atoms with Crippen LogP contribution in [-0.2, 0) is 11.3 Å². The summed E-state index contributed by atoms with van der Waals surface area (Å²) in [6.45, 7) is 0.482. The zero-order valence-electron chi connectivity index (χ0n) is 17.6. The SMILES string of the molecule is Nc1c(Br)c(CNC2CCC(C(=O)O)CC2)nc2c(-c3cnc4ccc(F)cc4c3)cnn12. The Kier molecular flexibility index (Phi) is 5.71. The van der Waals surface area contributed by atoms with Crippen LogP contribution in [-0.4, -0.2) is 36.7 Å². The van der Waals surface area contributed by atoms with Crippen LogP contribution in [0.4, 0.5) is 10.2 Å². The summed E-state index contributed by atoms with van der Waals surface area (Å²) in [4.78, 5) is 20.4. The highest BCUT2D eigenvalue weighted by atomic mass is 79.9. The number of carbonyl (C=O) groups is 1. The van der Waals surface area contributed by atoms with Gasteiger partial charge < -0.3 is 16.2 Å². The highest BCUT2D eigenvalue weighted by Gasteiger charge is 2.26. The molecule has 1 saturated carbocycles. The molecule has 0 amide bonds. The van der Waals surface area contributed by atoms with Crippen molar-refractivity contribution in [1.29, 1.82) is 0 Å². The third kappa shape index (κ3) is 4.16. The number of halogens is 2. The van der Waals surface area contributed by atoms with E-state index in [4.69, 9.17) is 10.7 Å². The Balaban J connectivity index is 1.44. The minimum Gasteiger partial charge on any atom is -0.481 e. The molecule has 10 heteroatoms. The van der Waals surface area contributed by atoms with Crippen molar-refractivity contribution in [2.75, 3.05) is 5.73 Å². The van der Waals surface area contributed by atoms with Crippen LogP contribution < -0.4 is 11.1 Å². The molecule has 0 saturated heterocycles. The maximum Gasteiger partial charge on any atom is 0.306 e. The second-order valence-electron chi connectivity index (χ2n) is 8.38. The lowest BCUT2D eigenvalue weighted by Gasteiger charge is -2.27. The topological polar surface area (TPSA) is 118 Å². The standard InChI is InChI=1S/C23H22BrFN6O2/c24-20-19(11-27-16-4-1-12(2-5-16)23(32)33)30-22-17(10-29-31(22)21(20)26)14-7-13-8-15(25)3-6-18(13)28-9-14/h3,6-10,12,16,27H,1-2,4-5,11,26H2,(H,32,33). The summed E-state index contributed by atoms with van der Waals surface area (Å²) in [7, 11) is 0. The first-order valence-electron chi connectivity index (χ1n) is 10.7. The van der Waals surface area contributed by atoms with E-state index in [0.29, 0.717) is 46.2 Å². The van der Waals surface area contributed by atoms with Crippen molar-refractivity contribution in [2.45, 2.75) is 38.3 Å². The number of rotatable bonds is 5. The molecule has 0 spiro atoms. The molecule has 0 unspecified atom stereocenters. The molecule has 8 nitrogen and oxygen atoms in total. The predicted molar refractivity (Wildman–Crippen MR) is 126 cm³/mol. The first-order valence-corrected chi connectivity index (χ1v) is 11.5. The number of carboxylic acids is 1. The lowest BCUT2D eigenvalue weighted by Crippen LogP contribution is -2.34. The van der Waals surface area contributed by atoms with Gasteiger partial charge in [-0.15, -0.1) is 0 Å². The quantitative estimate of drug-likeness (QED) is 0.367. The normalized spacial score (nSPS) is 18.7. The number of fused-ring (bicyclic) bond motifs is 2. The fourth-order valence-corrected chi connectivity index (χ4v) is 4.80. The van der Waals surface area contributed by atoms with Crippen LogP contribution >= 0.6 is 15.9 Å². The van der Waals surface area contributed by atoms with Crippen molar-refractivity contribution < 1.29 is 14.3 Å². The molecule has 4 N–H and O–H groups in total. The van der Waals surface area contributed by atoms with E-state index in [2.05, 4.69) is 31.3 Å². The number of anilines is 1. The number of nitrogens with one attached hydrogen (secondary N) is 1. The summed E-state index contributed by atoms with van der Waals surface area (Å²) in [5, 5.41) is 17.8. The molecular weight excluding hydrogens is 491 g/mol. The van der Waals surface area contributed by atoms with E-state index in [1.54, 1.807) is 23.0 Å². The number of aliphatic carboxylic acids is 1. The van der Waals surface area contributed by atoms with Gasteiger partial charge in [0.2, 0.25) is 0 Å². The van der Waals surface area contributed by atoms with Gasteiger partial charge >= 0.3 is 5.97 Å². The summed E-state index contributed by atoms with van der Waals surface area (Å²) in [6, 6.07) is 6.57. The molecule has 0 radical (unpaired) electrons. The van der Waals surface area contributed by atoms with E-state index in [-0.39, 0.29) is 17.8 Å². The van der Waals surface area contributed by atoms with E-state index in [1.165, 1.54) is 12.1 Å². The molecular formula is C23H22BrFN6O2. The Morgan fingerprint density at radius 2 is 2.03 bits per heavy atom. The average molecular weight is 513 g/mol. The molecule has 4 aromatic rings. The van der Waals surface area contributed by atoms with E-state index in [1.807, 2.05) is 6.07 Å². The predicted octanol–water partition coefficient (Wildman–Crippen LogP) is 4.16. The first-order chi connectivity index (χ1) is 15.9. The van der Waals surface area contributed by atoms with Gasteiger partial charge in [-0.25, -0.2) is 9.37 Å². The Hall–Kier alpha value is -3.11. The summed E-state index contributed by atoms with van der Waals surface area (Å²) >= 11 is 3.54. The maximum atomic E-state index is 13.7. The van der Waals surface area contributed by atoms with Gasteiger partial charge in [-0.1, -0.05) is 0 Å². The van der Waals surface area contributed by atoms with Gasteiger partial charge in [-0.3, -0.25) is 9.78 Å². The minimum absolute atomic E-state index is 0.232. The van der Waals surface area contributed by atoms with E-state index in [9.17, 15) is 14.3 Å². The zero-order chi connectivity index (χ0) is 23.1. The third-order valence-corrected chi connectivity index (χ3v) is 7.14. The van der Waals surface area contributed by atoms with Crippen LogP contribution in [0.3, 0.4) is 0 Å². The van der Waals surface area contributed by atoms with Crippen molar-refractivity contribution in [3.63, 3.8) is 0 Å². The second-order valence-corrected chi connectivity index (χ2v) is 9.17. The lowest BCUT2D eigenvalue weighted by molar-refractivity contribution is -0.142. The fraction of sp³-hybridized carbons (Fsp3) is 0.304. The lowest BCUT2D eigenvalue weighted by atomic mass is 9.86. The first kappa shape index (κ1) is 21.7. The van der Waals surface area contributed by atoms with Crippen molar-refractivity contribution in [1.82, 2.24) is 24.9 Å². The number of hydrogen-bond donors (Lipinski definition) is 3. The van der Waals surface area contributed by atoms with Crippen LogP contribution in [0.1, 0.15) is 31.4 Å². The number of nitrogens with zero attached hydrogens (tertiary/aromatic N) is 4. The highest BCUT2D eigenvalue weighted by molar-refractivity contribution is 9.10. The maximum absolute atomic E-state index is 13.7. The number of nitrogens with two attached hydrogens (primary N) is 1. The van der Waals surface area contributed by atoms with Crippen molar-refractivity contribution in [2.24, 2.45) is 5.92 Å². The number of nitrogen functional groups attached to an aromatic ring is 1. The van der Waals surface area contributed by atoms with Gasteiger partial charge in [0.25, 0.3) is 0 Å². The molecule has 170 valence electrons. The number of aromatic nitrogens is 4. The molecule has 0 aliphatic heterocycles. The van der Waals surface area contributed by atoms with Gasteiger partial charge in [0.1, 0.15) is 11.6 Å². The molecule has 0 atom stereocenters. The number of carboxylic acid groups (broad SMARTS) is 1. The number of pyridine rings is 1. The Bertz CT molecular complexity index is 1370. The molecule has 5 rings (SSSR count). The van der Waals surface area contributed by atoms with Gasteiger partial charge in [0.05, 0.1) is 27.8 Å². The van der Waals surface area contributed by atoms with E-state index < -0.39 is 5.97 Å².